The monoisotopic (exact) mass is 246 g/mol. The number of rotatable bonds is 2. The largest absolute Gasteiger partial charge is 0.487 e. The van der Waals surface area contributed by atoms with E-state index in [9.17, 15) is 4.39 Å². The number of halogens is 1. The van der Waals surface area contributed by atoms with E-state index in [-0.39, 0.29) is 11.4 Å². The number of hydrogen-bond acceptors (Lipinski definition) is 1. The second kappa shape index (κ2) is 3.72. The molecule has 4 saturated carbocycles. The van der Waals surface area contributed by atoms with Crippen LogP contribution in [0.1, 0.15) is 38.5 Å². The molecular formula is C16H19FO. The highest BCUT2D eigenvalue weighted by Crippen LogP contribution is 2.56. The standard InChI is InChI=1S/C16H19FO/c17-14-1-3-15(4-2-14)18-16-8-11-5-12(9-16)7-13(6-11)10-16/h1-4,11-13H,5-10H2. The van der Waals surface area contributed by atoms with Gasteiger partial charge in [0.15, 0.2) is 0 Å². The minimum absolute atomic E-state index is 0.0760. The van der Waals surface area contributed by atoms with Crippen molar-refractivity contribution in [3.05, 3.63) is 30.1 Å². The van der Waals surface area contributed by atoms with E-state index in [1.54, 1.807) is 12.1 Å². The minimum Gasteiger partial charge on any atom is -0.487 e. The van der Waals surface area contributed by atoms with E-state index in [2.05, 4.69) is 0 Å². The van der Waals surface area contributed by atoms with Crippen molar-refractivity contribution < 1.29 is 9.13 Å². The molecular weight excluding hydrogens is 227 g/mol. The Morgan fingerprint density at radius 3 is 1.89 bits per heavy atom. The molecule has 2 heteroatoms. The molecule has 0 N–H and O–H groups in total. The summed E-state index contributed by atoms with van der Waals surface area (Å²) in [7, 11) is 0. The molecule has 4 aliphatic rings. The molecule has 1 aromatic carbocycles. The third-order valence-electron chi connectivity index (χ3n) is 5.13. The van der Waals surface area contributed by atoms with Crippen molar-refractivity contribution in [2.75, 3.05) is 0 Å². The summed E-state index contributed by atoms with van der Waals surface area (Å²) in [5.41, 5.74) is 0.0760. The van der Waals surface area contributed by atoms with Gasteiger partial charge in [0.05, 0.1) is 0 Å². The van der Waals surface area contributed by atoms with Crippen LogP contribution in [0.2, 0.25) is 0 Å². The molecule has 0 radical (unpaired) electrons. The third-order valence-corrected chi connectivity index (χ3v) is 5.13. The summed E-state index contributed by atoms with van der Waals surface area (Å²) in [5, 5.41) is 0. The molecule has 0 amide bonds. The summed E-state index contributed by atoms with van der Waals surface area (Å²) in [5.74, 6) is 3.32. The first kappa shape index (κ1) is 10.8. The zero-order chi connectivity index (χ0) is 12.2. The predicted molar refractivity (Wildman–Crippen MR) is 67.9 cm³/mol. The number of hydrogen-bond donors (Lipinski definition) is 0. The van der Waals surface area contributed by atoms with Crippen LogP contribution in [0.25, 0.3) is 0 Å². The highest BCUT2D eigenvalue weighted by atomic mass is 19.1. The smallest absolute Gasteiger partial charge is 0.123 e. The van der Waals surface area contributed by atoms with Crippen LogP contribution in [0.15, 0.2) is 24.3 Å². The molecule has 4 fully saturated rings. The maximum absolute atomic E-state index is 12.9. The van der Waals surface area contributed by atoms with Crippen LogP contribution in [0, 0.1) is 23.6 Å². The van der Waals surface area contributed by atoms with Crippen molar-refractivity contribution in [1.82, 2.24) is 0 Å². The van der Waals surface area contributed by atoms with Gasteiger partial charge in [-0.1, -0.05) is 0 Å². The summed E-state index contributed by atoms with van der Waals surface area (Å²) in [6, 6.07) is 6.54. The van der Waals surface area contributed by atoms with Gasteiger partial charge < -0.3 is 4.74 Å². The number of ether oxygens (including phenoxy) is 1. The average Bonchev–Trinajstić information content (AvgIpc) is 2.30. The molecule has 18 heavy (non-hydrogen) atoms. The maximum Gasteiger partial charge on any atom is 0.123 e. The quantitative estimate of drug-likeness (QED) is 0.761. The van der Waals surface area contributed by atoms with Gasteiger partial charge in [0.25, 0.3) is 0 Å². The van der Waals surface area contributed by atoms with Crippen molar-refractivity contribution in [2.24, 2.45) is 17.8 Å². The Hall–Kier alpha value is -1.05. The van der Waals surface area contributed by atoms with Crippen molar-refractivity contribution in [3.63, 3.8) is 0 Å². The summed E-state index contributed by atoms with van der Waals surface area (Å²) in [6.45, 7) is 0. The van der Waals surface area contributed by atoms with Crippen LogP contribution >= 0.6 is 0 Å². The zero-order valence-electron chi connectivity index (χ0n) is 10.6. The van der Waals surface area contributed by atoms with Gasteiger partial charge in [-0.25, -0.2) is 4.39 Å². The third kappa shape index (κ3) is 1.73. The average molecular weight is 246 g/mol. The fourth-order valence-electron chi connectivity index (χ4n) is 4.91. The van der Waals surface area contributed by atoms with Crippen molar-refractivity contribution in [1.29, 1.82) is 0 Å². The second-order valence-corrected chi connectivity index (χ2v) is 6.66. The predicted octanol–water partition coefficient (Wildman–Crippen LogP) is 4.17. The second-order valence-electron chi connectivity index (χ2n) is 6.66. The Morgan fingerprint density at radius 1 is 0.889 bits per heavy atom. The van der Waals surface area contributed by atoms with Crippen molar-refractivity contribution in [2.45, 2.75) is 44.1 Å². The molecule has 0 aliphatic heterocycles. The van der Waals surface area contributed by atoms with Crippen molar-refractivity contribution >= 4 is 0 Å². The zero-order valence-corrected chi connectivity index (χ0v) is 10.6. The van der Waals surface area contributed by atoms with Gasteiger partial charge in [0.1, 0.15) is 17.2 Å². The van der Waals surface area contributed by atoms with E-state index in [4.69, 9.17) is 4.74 Å². The molecule has 0 unspecified atom stereocenters. The van der Waals surface area contributed by atoms with E-state index >= 15 is 0 Å². The lowest BCUT2D eigenvalue weighted by molar-refractivity contribution is -0.107. The van der Waals surface area contributed by atoms with E-state index in [0.29, 0.717) is 0 Å². The summed E-state index contributed by atoms with van der Waals surface area (Å²) in [4.78, 5) is 0. The lowest BCUT2D eigenvalue weighted by Gasteiger charge is -2.56. The first-order valence-electron chi connectivity index (χ1n) is 7.15. The Balaban J connectivity index is 1.58. The Labute approximate surface area is 107 Å². The maximum atomic E-state index is 12.9. The highest BCUT2D eigenvalue weighted by Gasteiger charge is 2.52. The molecule has 96 valence electrons. The Kier molecular flexibility index (Phi) is 2.24. The SMILES string of the molecule is Fc1ccc(OC23CC4CC(CC(C4)C2)C3)cc1. The Morgan fingerprint density at radius 2 is 1.39 bits per heavy atom. The van der Waals surface area contributed by atoms with E-state index in [1.807, 2.05) is 0 Å². The van der Waals surface area contributed by atoms with Crippen molar-refractivity contribution in [3.8, 4) is 5.75 Å². The fraction of sp³-hybridized carbons (Fsp3) is 0.625. The fourth-order valence-corrected chi connectivity index (χ4v) is 4.91. The first-order chi connectivity index (χ1) is 8.71. The molecule has 5 rings (SSSR count). The molecule has 1 aromatic rings. The van der Waals surface area contributed by atoms with Crippen LogP contribution < -0.4 is 4.74 Å². The lowest BCUT2D eigenvalue weighted by Crippen LogP contribution is -2.53. The van der Waals surface area contributed by atoms with Crippen LogP contribution in [0.5, 0.6) is 5.75 Å². The topological polar surface area (TPSA) is 9.23 Å². The molecule has 0 aromatic heterocycles. The van der Waals surface area contributed by atoms with Gasteiger partial charge in [0.2, 0.25) is 0 Å². The Bertz CT molecular complexity index is 415. The highest BCUT2D eigenvalue weighted by molar-refractivity contribution is 5.24. The van der Waals surface area contributed by atoms with E-state index in [0.717, 1.165) is 23.5 Å². The first-order valence-corrected chi connectivity index (χ1v) is 7.15. The van der Waals surface area contributed by atoms with Crippen LogP contribution in [0.3, 0.4) is 0 Å². The molecule has 1 nitrogen and oxygen atoms in total. The molecule has 0 spiro atoms. The van der Waals surface area contributed by atoms with Crippen LogP contribution in [-0.2, 0) is 0 Å². The van der Waals surface area contributed by atoms with Gasteiger partial charge in [-0.05, 0) is 80.5 Å². The van der Waals surface area contributed by atoms with Gasteiger partial charge in [-0.3, -0.25) is 0 Å². The van der Waals surface area contributed by atoms with Gasteiger partial charge in [0, 0.05) is 0 Å². The molecule has 0 heterocycles. The lowest BCUT2D eigenvalue weighted by atomic mass is 9.54. The molecule has 4 bridgehead atoms. The summed E-state index contributed by atoms with van der Waals surface area (Å²) >= 11 is 0. The van der Waals surface area contributed by atoms with E-state index < -0.39 is 0 Å². The van der Waals surface area contributed by atoms with Gasteiger partial charge in [-0.15, -0.1) is 0 Å². The normalized spacial score (nSPS) is 41.1. The molecule has 0 saturated heterocycles. The minimum atomic E-state index is -0.187. The molecule has 4 aliphatic carbocycles. The van der Waals surface area contributed by atoms with Crippen LogP contribution in [-0.4, -0.2) is 5.60 Å². The van der Waals surface area contributed by atoms with E-state index in [1.165, 1.54) is 50.7 Å². The van der Waals surface area contributed by atoms with Gasteiger partial charge in [-0.2, -0.15) is 0 Å². The molecule has 0 atom stereocenters. The summed E-state index contributed by atoms with van der Waals surface area (Å²) < 4.78 is 19.2. The summed E-state index contributed by atoms with van der Waals surface area (Å²) in [6.07, 6.45) is 7.92. The van der Waals surface area contributed by atoms with Crippen LogP contribution in [0.4, 0.5) is 4.39 Å². The number of benzene rings is 1. The van der Waals surface area contributed by atoms with Gasteiger partial charge >= 0.3 is 0 Å².